The van der Waals surface area contributed by atoms with Crippen LogP contribution < -0.4 is 16.0 Å². The van der Waals surface area contributed by atoms with Gasteiger partial charge in [-0.2, -0.15) is 0 Å². The number of benzene rings is 1. The topological polar surface area (TPSA) is 101 Å². The summed E-state index contributed by atoms with van der Waals surface area (Å²) >= 11 is 7.42. The van der Waals surface area contributed by atoms with Gasteiger partial charge in [0.15, 0.2) is 5.16 Å². The third-order valence-electron chi connectivity index (χ3n) is 5.77. The van der Waals surface area contributed by atoms with Gasteiger partial charge >= 0.3 is 0 Å². The van der Waals surface area contributed by atoms with Gasteiger partial charge < -0.3 is 15.2 Å². The molecule has 1 aromatic heterocycles. The quantitative estimate of drug-likeness (QED) is 0.547. The minimum atomic E-state index is -0.162. The van der Waals surface area contributed by atoms with Gasteiger partial charge in [0.05, 0.1) is 18.5 Å². The van der Waals surface area contributed by atoms with Gasteiger partial charge in [0.2, 0.25) is 11.8 Å². The lowest BCUT2D eigenvalue weighted by Gasteiger charge is -2.40. The maximum atomic E-state index is 12.4. The molecule has 1 saturated carbocycles. The first-order valence-electron chi connectivity index (χ1n) is 10.7. The standard InChI is InChI=1S/C21H27ClN6O2S/c1-2-28-18(11-19(29)23-14-9-7-13(22)8-10-14)26-27-21(28)31-12-17-24-16-6-4-3-5-15(16)20(30)25-17/h7-10,15-17,24H,2-6,11-12H2,1H3,(H,23,29)(H,25,30). The van der Waals surface area contributed by atoms with E-state index in [1.54, 1.807) is 24.3 Å². The number of fused-ring (bicyclic) bond motifs is 1. The van der Waals surface area contributed by atoms with E-state index in [1.165, 1.54) is 18.2 Å². The van der Waals surface area contributed by atoms with Crippen molar-refractivity contribution in [2.45, 2.75) is 62.9 Å². The molecule has 31 heavy (non-hydrogen) atoms. The molecule has 1 saturated heterocycles. The minimum absolute atomic E-state index is 0.0875. The van der Waals surface area contributed by atoms with Crippen molar-refractivity contribution in [3.05, 3.63) is 35.1 Å². The van der Waals surface area contributed by atoms with Gasteiger partial charge in [0.1, 0.15) is 5.82 Å². The van der Waals surface area contributed by atoms with Crippen LogP contribution in [-0.2, 0) is 22.6 Å². The molecule has 2 amide bonds. The highest BCUT2D eigenvalue weighted by Crippen LogP contribution is 2.28. The highest BCUT2D eigenvalue weighted by Gasteiger charge is 2.37. The summed E-state index contributed by atoms with van der Waals surface area (Å²) in [7, 11) is 0. The number of carbonyl (C=O) groups excluding carboxylic acids is 2. The molecule has 0 bridgehead atoms. The molecule has 3 N–H and O–H groups in total. The van der Waals surface area contributed by atoms with Crippen LogP contribution in [0.3, 0.4) is 0 Å². The molecule has 1 aliphatic carbocycles. The normalized spacial score (nSPS) is 23.2. The molecule has 8 nitrogen and oxygen atoms in total. The molecular formula is C21H27ClN6O2S. The Morgan fingerprint density at radius 1 is 1.26 bits per heavy atom. The molecule has 0 radical (unpaired) electrons. The monoisotopic (exact) mass is 462 g/mol. The molecule has 3 atom stereocenters. The van der Waals surface area contributed by atoms with Gasteiger partial charge in [-0.05, 0) is 44.0 Å². The van der Waals surface area contributed by atoms with Crippen LogP contribution in [0.15, 0.2) is 29.4 Å². The Bertz CT molecular complexity index is 934. The SMILES string of the molecule is CCn1c(CC(=O)Nc2ccc(Cl)cc2)nnc1SCC1NC(=O)C2CCCCC2N1. The number of thioether (sulfide) groups is 1. The Labute approximate surface area is 190 Å². The average molecular weight is 463 g/mol. The number of nitrogens with zero attached hydrogens (tertiary/aromatic N) is 3. The number of anilines is 1. The third kappa shape index (κ3) is 5.39. The molecule has 2 fully saturated rings. The van der Waals surface area contributed by atoms with Crippen molar-refractivity contribution in [3.63, 3.8) is 0 Å². The van der Waals surface area contributed by atoms with Crippen LogP contribution in [0.5, 0.6) is 0 Å². The first-order chi connectivity index (χ1) is 15.0. The molecule has 2 heterocycles. The van der Waals surface area contributed by atoms with Crippen molar-refractivity contribution in [3.8, 4) is 0 Å². The van der Waals surface area contributed by atoms with Crippen molar-refractivity contribution >= 4 is 40.9 Å². The highest BCUT2D eigenvalue weighted by atomic mass is 35.5. The van der Waals surface area contributed by atoms with Gasteiger partial charge in [0.25, 0.3) is 0 Å². The summed E-state index contributed by atoms with van der Waals surface area (Å²) in [5, 5.41) is 19.4. The van der Waals surface area contributed by atoms with Crippen LogP contribution >= 0.6 is 23.4 Å². The second kappa shape index (κ2) is 10.0. The highest BCUT2D eigenvalue weighted by molar-refractivity contribution is 7.99. The fourth-order valence-electron chi connectivity index (χ4n) is 4.23. The van der Waals surface area contributed by atoms with E-state index in [9.17, 15) is 9.59 Å². The minimum Gasteiger partial charge on any atom is -0.340 e. The van der Waals surface area contributed by atoms with E-state index in [-0.39, 0.29) is 36.4 Å². The van der Waals surface area contributed by atoms with E-state index in [0.29, 0.717) is 28.8 Å². The number of hydrogen-bond donors (Lipinski definition) is 3. The Hall–Kier alpha value is -2.10. The second-order valence-corrected chi connectivity index (χ2v) is 9.33. The van der Waals surface area contributed by atoms with Crippen molar-refractivity contribution in [2.75, 3.05) is 11.1 Å². The Kier molecular flexibility index (Phi) is 7.14. The number of halogens is 1. The van der Waals surface area contributed by atoms with Crippen molar-refractivity contribution < 1.29 is 9.59 Å². The predicted molar refractivity (Wildman–Crippen MR) is 121 cm³/mol. The zero-order chi connectivity index (χ0) is 21.8. The van der Waals surface area contributed by atoms with Gasteiger partial charge in [-0.1, -0.05) is 36.2 Å². The summed E-state index contributed by atoms with van der Waals surface area (Å²) in [6, 6.07) is 7.24. The van der Waals surface area contributed by atoms with Crippen LogP contribution in [0.2, 0.25) is 5.02 Å². The number of aromatic nitrogens is 3. The van der Waals surface area contributed by atoms with Gasteiger partial charge in [-0.3, -0.25) is 14.9 Å². The predicted octanol–water partition coefficient (Wildman–Crippen LogP) is 2.83. The van der Waals surface area contributed by atoms with E-state index < -0.39 is 0 Å². The van der Waals surface area contributed by atoms with Crippen LogP contribution in [-0.4, -0.2) is 44.5 Å². The lowest BCUT2D eigenvalue weighted by Crippen LogP contribution is -2.62. The van der Waals surface area contributed by atoms with Gasteiger partial charge in [-0.15, -0.1) is 10.2 Å². The molecule has 166 valence electrons. The summed E-state index contributed by atoms with van der Waals surface area (Å²) in [6.45, 7) is 2.66. The van der Waals surface area contributed by atoms with Crippen LogP contribution in [0, 0.1) is 5.92 Å². The molecule has 2 aromatic rings. The van der Waals surface area contributed by atoms with Crippen LogP contribution in [0.25, 0.3) is 0 Å². The molecule has 0 spiro atoms. The summed E-state index contributed by atoms with van der Waals surface area (Å²) < 4.78 is 1.94. The number of carbonyl (C=O) groups is 2. The molecule has 1 aromatic carbocycles. The summed E-state index contributed by atoms with van der Waals surface area (Å²) in [6.07, 6.45) is 4.37. The fourth-order valence-corrected chi connectivity index (χ4v) is 5.34. The lowest BCUT2D eigenvalue weighted by atomic mass is 9.82. The first-order valence-corrected chi connectivity index (χ1v) is 12.1. The first kappa shape index (κ1) is 22.1. The third-order valence-corrected chi connectivity index (χ3v) is 7.08. The smallest absolute Gasteiger partial charge is 0.232 e. The molecule has 4 rings (SSSR count). The Morgan fingerprint density at radius 3 is 2.81 bits per heavy atom. The number of amides is 2. The van der Waals surface area contributed by atoms with E-state index in [1.807, 2.05) is 11.5 Å². The van der Waals surface area contributed by atoms with E-state index in [2.05, 4.69) is 26.1 Å². The van der Waals surface area contributed by atoms with Gasteiger partial charge in [0, 0.05) is 29.0 Å². The van der Waals surface area contributed by atoms with Crippen molar-refractivity contribution in [1.29, 1.82) is 0 Å². The summed E-state index contributed by atoms with van der Waals surface area (Å²) in [5.74, 6) is 1.37. The second-order valence-electron chi connectivity index (χ2n) is 7.91. The van der Waals surface area contributed by atoms with E-state index >= 15 is 0 Å². The number of rotatable bonds is 7. The summed E-state index contributed by atoms with van der Waals surface area (Å²) in [5.41, 5.74) is 0.687. The molecule has 2 aliphatic rings. The molecule has 10 heteroatoms. The maximum absolute atomic E-state index is 12.4. The fraction of sp³-hybridized carbons (Fsp3) is 0.524. The number of nitrogens with one attached hydrogen (secondary N) is 3. The molecular weight excluding hydrogens is 436 g/mol. The zero-order valence-electron chi connectivity index (χ0n) is 17.4. The molecule has 1 aliphatic heterocycles. The number of hydrogen-bond acceptors (Lipinski definition) is 6. The van der Waals surface area contributed by atoms with E-state index in [0.717, 1.165) is 24.4 Å². The Balaban J connectivity index is 1.34. The largest absolute Gasteiger partial charge is 0.340 e. The zero-order valence-corrected chi connectivity index (χ0v) is 19.0. The maximum Gasteiger partial charge on any atom is 0.232 e. The Morgan fingerprint density at radius 2 is 2.03 bits per heavy atom. The molecule has 3 unspecified atom stereocenters. The van der Waals surface area contributed by atoms with Crippen LogP contribution in [0.4, 0.5) is 5.69 Å². The van der Waals surface area contributed by atoms with Gasteiger partial charge in [-0.25, -0.2) is 0 Å². The average Bonchev–Trinajstić information content (AvgIpc) is 3.15. The van der Waals surface area contributed by atoms with Crippen molar-refractivity contribution in [2.24, 2.45) is 5.92 Å². The lowest BCUT2D eigenvalue weighted by molar-refractivity contribution is -0.130. The summed E-state index contributed by atoms with van der Waals surface area (Å²) in [4.78, 5) is 24.9. The van der Waals surface area contributed by atoms with Crippen molar-refractivity contribution in [1.82, 2.24) is 25.4 Å². The van der Waals surface area contributed by atoms with Crippen LogP contribution in [0.1, 0.15) is 38.4 Å². The van der Waals surface area contributed by atoms with E-state index in [4.69, 9.17) is 11.6 Å².